The molecule has 1 aliphatic rings. The molecular formula is C14H16N2O3. The number of carbonyl (C=O) groups is 2. The normalized spacial score (nSPS) is 17.5. The van der Waals surface area contributed by atoms with Crippen LogP contribution in [0.5, 0.6) is 0 Å². The summed E-state index contributed by atoms with van der Waals surface area (Å²) in [4.78, 5) is 25.1. The zero-order valence-corrected chi connectivity index (χ0v) is 10.5. The fraction of sp³-hybridized carbons (Fsp3) is 0.286. The number of nitrogens with zero attached hydrogens (tertiary/aromatic N) is 1. The zero-order chi connectivity index (χ0) is 13.8. The van der Waals surface area contributed by atoms with Gasteiger partial charge in [-0.3, -0.25) is 14.8 Å². The number of hydrogen-bond acceptors (Lipinski definition) is 3. The average Bonchev–Trinajstić information content (AvgIpc) is 2.38. The molecule has 2 N–H and O–H groups in total. The van der Waals surface area contributed by atoms with E-state index in [0.29, 0.717) is 24.9 Å². The molecule has 0 radical (unpaired) electrons. The minimum absolute atomic E-state index is 0.189. The largest absolute Gasteiger partial charge is 0.326 e. The Balaban J connectivity index is 2.13. The molecule has 1 unspecified atom stereocenters. The molecule has 5 heteroatoms. The highest BCUT2D eigenvalue weighted by atomic mass is 16.5. The highest BCUT2D eigenvalue weighted by Crippen LogP contribution is 2.21. The van der Waals surface area contributed by atoms with Crippen molar-refractivity contribution in [3.05, 3.63) is 48.0 Å². The Morgan fingerprint density at radius 1 is 1.53 bits per heavy atom. The van der Waals surface area contributed by atoms with Gasteiger partial charge in [-0.15, -0.1) is 6.58 Å². The van der Waals surface area contributed by atoms with E-state index in [1.165, 1.54) is 4.90 Å². The molecule has 0 saturated carbocycles. The fourth-order valence-corrected chi connectivity index (χ4v) is 2.14. The van der Waals surface area contributed by atoms with E-state index in [1.54, 1.807) is 23.7 Å². The molecule has 1 heterocycles. The van der Waals surface area contributed by atoms with Gasteiger partial charge < -0.3 is 4.90 Å². The summed E-state index contributed by atoms with van der Waals surface area (Å²) in [6.45, 7) is 4.19. The van der Waals surface area contributed by atoms with E-state index in [-0.39, 0.29) is 5.91 Å². The Kier molecular flexibility index (Phi) is 3.97. The molecule has 5 nitrogen and oxygen atoms in total. The van der Waals surface area contributed by atoms with Crippen LogP contribution in [0.2, 0.25) is 0 Å². The van der Waals surface area contributed by atoms with E-state index >= 15 is 0 Å². The summed E-state index contributed by atoms with van der Waals surface area (Å²) in [5, 5.41) is 8.61. The van der Waals surface area contributed by atoms with Crippen LogP contribution in [-0.4, -0.2) is 34.5 Å². The van der Waals surface area contributed by atoms with Crippen LogP contribution in [0.4, 0.5) is 0 Å². The van der Waals surface area contributed by atoms with Gasteiger partial charge in [-0.25, -0.2) is 5.48 Å². The number of nitrogens with one attached hydrogen (secondary N) is 1. The summed E-state index contributed by atoms with van der Waals surface area (Å²) in [7, 11) is 0. The molecular weight excluding hydrogens is 244 g/mol. The minimum atomic E-state index is -0.569. The molecule has 2 rings (SSSR count). The number of allylic oxidation sites excluding steroid dienone is 1. The van der Waals surface area contributed by atoms with Crippen molar-refractivity contribution in [1.29, 1.82) is 0 Å². The smallest absolute Gasteiger partial charge is 0.266 e. The van der Waals surface area contributed by atoms with Crippen molar-refractivity contribution in [1.82, 2.24) is 10.4 Å². The second kappa shape index (κ2) is 5.67. The summed E-state index contributed by atoms with van der Waals surface area (Å²) in [6.07, 6.45) is 3.04. The van der Waals surface area contributed by atoms with E-state index in [0.717, 1.165) is 5.56 Å². The van der Waals surface area contributed by atoms with Gasteiger partial charge in [-0.2, -0.15) is 0 Å². The summed E-state index contributed by atoms with van der Waals surface area (Å²) in [6, 6.07) is 6.69. The molecule has 2 amide bonds. The lowest BCUT2D eigenvalue weighted by Gasteiger charge is -2.39. The van der Waals surface area contributed by atoms with Crippen molar-refractivity contribution in [2.75, 3.05) is 6.54 Å². The predicted octanol–water partition coefficient (Wildman–Crippen LogP) is 1.14. The summed E-state index contributed by atoms with van der Waals surface area (Å²) in [5.74, 6) is -0.729. The molecule has 19 heavy (non-hydrogen) atoms. The molecule has 1 aromatic rings. The van der Waals surface area contributed by atoms with Gasteiger partial charge >= 0.3 is 0 Å². The van der Waals surface area contributed by atoms with Crippen LogP contribution < -0.4 is 5.48 Å². The van der Waals surface area contributed by atoms with Crippen molar-refractivity contribution in [3.8, 4) is 0 Å². The maximum atomic E-state index is 12.3. The van der Waals surface area contributed by atoms with Gasteiger partial charge in [0, 0.05) is 12.1 Å². The van der Waals surface area contributed by atoms with E-state index in [2.05, 4.69) is 6.58 Å². The van der Waals surface area contributed by atoms with Gasteiger partial charge in [0.2, 0.25) is 0 Å². The van der Waals surface area contributed by atoms with E-state index < -0.39 is 11.9 Å². The van der Waals surface area contributed by atoms with Gasteiger partial charge in [0.25, 0.3) is 11.8 Å². The average molecular weight is 260 g/mol. The minimum Gasteiger partial charge on any atom is -0.326 e. The van der Waals surface area contributed by atoms with E-state index in [1.807, 2.05) is 12.1 Å². The first kappa shape index (κ1) is 13.3. The van der Waals surface area contributed by atoms with Gasteiger partial charge in [0.15, 0.2) is 0 Å². The van der Waals surface area contributed by atoms with Crippen LogP contribution in [-0.2, 0) is 11.2 Å². The maximum absolute atomic E-state index is 12.3. The zero-order valence-electron chi connectivity index (χ0n) is 10.5. The van der Waals surface area contributed by atoms with Crippen molar-refractivity contribution in [2.45, 2.75) is 18.9 Å². The molecule has 1 aliphatic heterocycles. The molecule has 0 bridgehead atoms. The third-order valence-electron chi connectivity index (χ3n) is 3.25. The first-order chi connectivity index (χ1) is 9.17. The Bertz CT molecular complexity index is 513. The Morgan fingerprint density at radius 3 is 2.89 bits per heavy atom. The lowest BCUT2D eigenvalue weighted by Crippen LogP contribution is -2.57. The van der Waals surface area contributed by atoms with Gasteiger partial charge in [-0.1, -0.05) is 18.2 Å². The van der Waals surface area contributed by atoms with Gasteiger partial charge in [0.05, 0.1) is 0 Å². The quantitative estimate of drug-likeness (QED) is 0.484. The lowest BCUT2D eigenvalue weighted by atomic mass is 9.99. The van der Waals surface area contributed by atoms with Crippen LogP contribution in [0.3, 0.4) is 0 Å². The topological polar surface area (TPSA) is 69.6 Å². The van der Waals surface area contributed by atoms with Crippen molar-refractivity contribution >= 4 is 11.8 Å². The molecule has 1 saturated heterocycles. The summed E-state index contributed by atoms with van der Waals surface area (Å²) in [5.41, 5.74) is 3.14. The Hall–Kier alpha value is -2.14. The molecule has 100 valence electrons. The number of amides is 2. The molecule has 1 aromatic carbocycles. The molecule has 0 aliphatic carbocycles. The standard InChI is InChI=1S/C14H16N2O3/c1-2-4-10-5-3-6-11(9-10)14(18)16-8-7-12(16)13(17)15-19/h2-3,5-6,9,12,19H,1,4,7-8H2,(H,15,17). The van der Waals surface area contributed by atoms with Crippen LogP contribution in [0.1, 0.15) is 22.3 Å². The van der Waals surface area contributed by atoms with Crippen LogP contribution in [0.15, 0.2) is 36.9 Å². The second-order valence-electron chi connectivity index (χ2n) is 4.47. The Labute approximate surface area is 111 Å². The highest BCUT2D eigenvalue weighted by Gasteiger charge is 2.37. The van der Waals surface area contributed by atoms with E-state index in [9.17, 15) is 9.59 Å². The monoisotopic (exact) mass is 260 g/mol. The number of likely N-dealkylation sites (tertiary alicyclic amines) is 1. The summed E-state index contributed by atoms with van der Waals surface area (Å²) >= 11 is 0. The second-order valence-corrected chi connectivity index (χ2v) is 4.47. The van der Waals surface area contributed by atoms with Crippen LogP contribution in [0, 0.1) is 0 Å². The SMILES string of the molecule is C=CCc1cccc(C(=O)N2CCC2C(=O)NO)c1. The molecule has 0 aromatic heterocycles. The van der Waals surface area contributed by atoms with Gasteiger partial charge in [-0.05, 0) is 30.5 Å². The van der Waals surface area contributed by atoms with Gasteiger partial charge in [0.1, 0.15) is 6.04 Å². The van der Waals surface area contributed by atoms with Crippen molar-refractivity contribution in [2.24, 2.45) is 0 Å². The third-order valence-corrected chi connectivity index (χ3v) is 3.25. The van der Waals surface area contributed by atoms with Crippen molar-refractivity contribution < 1.29 is 14.8 Å². The molecule has 1 atom stereocenters. The first-order valence-corrected chi connectivity index (χ1v) is 6.12. The van der Waals surface area contributed by atoms with E-state index in [4.69, 9.17) is 5.21 Å². The number of hydrogen-bond donors (Lipinski definition) is 2. The van der Waals surface area contributed by atoms with Crippen LogP contribution >= 0.6 is 0 Å². The first-order valence-electron chi connectivity index (χ1n) is 6.12. The molecule has 1 fully saturated rings. The number of hydroxylamine groups is 1. The number of carbonyl (C=O) groups excluding carboxylic acids is 2. The Morgan fingerprint density at radius 2 is 2.32 bits per heavy atom. The predicted molar refractivity (Wildman–Crippen MR) is 69.7 cm³/mol. The molecule has 0 spiro atoms. The van der Waals surface area contributed by atoms with Crippen molar-refractivity contribution in [3.63, 3.8) is 0 Å². The lowest BCUT2D eigenvalue weighted by molar-refractivity contribution is -0.137. The third kappa shape index (κ3) is 2.66. The van der Waals surface area contributed by atoms with Crippen LogP contribution in [0.25, 0.3) is 0 Å². The number of benzene rings is 1. The summed E-state index contributed by atoms with van der Waals surface area (Å²) < 4.78 is 0. The number of rotatable bonds is 4. The highest BCUT2D eigenvalue weighted by molar-refractivity contribution is 5.98. The maximum Gasteiger partial charge on any atom is 0.266 e. The fourth-order valence-electron chi connectivity index (χ4n) is 2.14.